The van der Waals surface area contributed by atoms with Gasteiger partial charge in [-0.05, 0) is 41.2 Å². The molecular formula is C21H30FN3O7SSi. The first-order valence-electron chi connectivity index (χ1n) is 10.7. The summed E-state index contributed by atoms with van der Waals surface area (Å²) in [6.07, 6.45) is -0.443. The van der Waals surface area contributed by atoms with Gasteiger partial charge in [0, 0.05) is 24.3 Å². The molecule has 2 heterocycles. The predicted molar refractivity (Wildman–Crippen MR) is 125 cm³/mol. The fourth-order valence-electron chi connectivity index (χ4n) is 3.40. The number of hydrogen-bond acceptors (Lipinski definition) is 7. The van der Waals surface area contributed by atoms with Crippen LogP contribution in [0.25, 0.3) is 10.8 Å². The van der Waals surface area contributed by atoms with Gasteiger partial charge in [-0.1, -0.05) is 20.8 Å². The van der Waals surface area contributed by atoms with Crippen molar-refractivity contribution < 1.29 is 36.6 Å². The second kappa shape index (κ2) is 9.83. The molecule has 1 saturated heterocycles. The molecule has 0 aliphatic carbocycles. The van der Waals surface area contributed by atoms with Gasteiger partial charge in [0.1, 0.15) is 5.82 Å². The molecule has 1 unspecified atom stereocenters. The number of rotatable bonds is 8. The predicted octanol–water partition coefficient (Wildman–Crippen LogP) is 3.58. The van der Waals surface area contributed by atoms with Crippen molar-refractivity contribution in [3.05, 3.63) is 41.5 Å². The van der Waals surface area contributed by atoms with Crippen LogP contribution in [0.4, 0.5) is 9.18 Å². The lowest BCUT2D eigenvalue weighted by molar-refractivity contribution is -0.0453. The van der Waals surface area contributed by atoms with Gasteiger partial charge >= 0.3 is 16.3 Å². The second-order valence-corrected chi connectivity index (χ2v) is 15.7. The molecule has 0 radical (unpaired) electrons. The van der Waals surface area contributed by atoms with E-state index in [4.69, 9.17) is 19.0 Å². The molecule has 2 aromatic rings. The molecule has 10 nitrogen and oxygen atoms in total. The van der Waals surface area contributed by atoms with Crippen LogP contribution < -0.4 is 9.44 Å². The number of hydrogen-bond donors (Lipinski definition) is 3. The Kier molecular flexibility index (Phi) is 7.65. The lowest BCUT2D eigenvalue weighted by atomic mass is 9.97. The van der Waals surface area contributed by atoms with E-state index in [-0.39, 0.29) is 17.1 Å². The number of carbonyl (C=O) groups is 1. The van der Waals surface area contributed by atoms with E-state index in [9.17, 15) is 13.2 Å². The Labute approximate surface area is 199 Å². The molecule has 1 aromatic carbocycles. The lowest BCUT2D eigenvalue weighted by Gasteiger charge is -2.39. The van der Waals surface area contributed by atoms with E-state index < -0.39 is 42.8 Å². The monoisotopic (exact) mass is 515 g/mol. The molecule has 1 aliphatic heterocycles. The average Bonchev–Trinajstić information content (AvgIpc) is 3.23. The SMILES string of the molecule is CC(C)(C)[Si](C)(C)OC(CNS(=O)(=O)NC(=O)O)c1cc(F)c(C2OCCO2)c2ccncc12. The summed E-state index contributed by atoms with van der Waals surface area (Å²) in [5, 5.41) is 9.62. The van der Waals surface area contributed by atoms with E-state index in [1.807, 2.05) is 33.9 Å². The number of ether oxygens (including phenoxy) is 2. The van der Waals surface area contributed by atoms with Gasteiger partial charge in [0.05, 0.1) is 24.9 Å². The van der Waals surface area contributed by atoms with Crippen molar-refractivity contribution >= 4 is 35.4 Å². The van der Waals surface area contributed by atoms with Gasteiger partial charge < -0.3 is 19.0 Å². The van der Waals surface area contributed by atoms with Crippen molar-refractivity contribution in [1.29, 1.82) is 0 Å². The zero-order chi connectivity index (χ0) is 25.3. The molecule has 1 fully saturated rings. The maximum Gasteiger partial charge on any atom is 0.419 e. The molecule has 188 valence electrons. The van der Waals surface area contributed by atoms with Crippen molar-refractivity contribution in [1.82, 2.24) is 14.4 Å². The number of nitrogens with one attached hydrogen (secondary N) is 2. The van der Waals surface area contributed by atoms with Crippen LogP contribution in [0.1, 0.15) is 44.3 Å². The number of benzene rings is 1. The van der Waals surface area contributed by atoms with Crippen molar-refractivity contribution in [2.75, 3.05) is 19.8 Å². The van der Waals surface area contributed by atoms with Gasteiger partial charge in [-0.15, -0.1) is 0 Å². The summed E-state index contributed by atoms with van der Waals surface area (Å²) in [4.78, 5) is 15.0. The summed E-state index contributed by atoms with van der Waals surface area (Å²) in [5.41, 5.74) is 0.614. The van der Waals surface area contributed by atoms with Gasteiger partial charge in [-0.25, -0.2) is 13.9 Å². The molecule has 0 saturated carbocycles. The number of amides is 1. The highest BCUT2D eigenvalue weighted by Gasteiger charge is 2.40. The molecule has 3 N–H and O–H groups in total. The Hall–Kier alpha value is -2.16. The van der Waals surface area contributed by atoms with E-state index >= 15 is 4.39 Å². The smallest absolute Gasteiger partial charge is 0.419 e. The molecule has 3 rings (SSSR count). The van der Waals surface area contributed by atoms with Crippen molar-refractivity contribution in [2.24, 2.45) is 0 Å². The Morgan fingerprint density at radius 3 is 2.56 bits per heavy atom. The maximum absolute atomic E-state index is 15.5. The fourth-order valence-corrected chi connectivity index (χ4v) is 5.34. The number of halogens is 1. The maximum atomic E-state index is 15.5. The number of aromatic nitrogens is 1. The Morgan fingerprint density at radius 2 is 1.97 bits per heavy atom. The molecule has 13 heteroatoms. The van der Waals surface area contributed by atoms with Crippen LogP contribution in [-0.2, 0) is 24.1 Å². The van der Waals surface area contributed by atoms with Crippen LogP contribution in [0.15, 0.2) is 24.5 Å². The number of pyridine rings is 1. The van der Waals surface area contributed by atoms with Gasteiger partial charge in [0.15, 0.2) is 14.6 Å². The van der Waals surface area contributed by atoms with E-state index in [0.29, 0.717) is 29.5 Å². The van der Waals surface area contributed by atoms with Gasteiger partial charge in [-0.3, -0.25) is 4.98 Å². The summed E-state index contributed by atoms with van der Waals surface area (Å²) in [6.45, 7) is 10.4. The van der Waals surface area contributed by atoms with Gasteiger partial charge in [0.2, 0.25) is 0 Å². The minimum absolute atomic E-state index is 0.234. The van der Waals surface area contributed by atoms with E-state index in [2.05, 4.69) is 9.71 Å². The summed E-state index contributed by atoms with van der Waals surface area (Å²) >= 11 is 0. The third-order valence-corrected chi connectivity index (χ3v) is 11.6. The quantitative estimate of drug-likeness (QED) is 0.454. The second-order valence-electron chi connectivity index (χ2n) is 9.48. The Balaban J connectivity index is 2.10. The first-order valence-corrected chi connectivity index (χ1v) is 15.1. The average molecular weight is 516 g/mol. The van der Waals surface area contributed by atoms with Crippen LogP contribution in [-0.4, -0.2) is 52.7 Å². The fraction of sp³-hybridized carbons (Fsp3) is 0.524. The minimum Gasteiger partial charge on any atom is -0.464 e. The molecular weight excluding hydrogens is 485 g/mol. The number of fused-ring (bicyclic) bond motifs is 1. The topological polar surface area (TPSA) is 136 Å². The summed E-state index contributed by atoms with van der Waals surface area (Å²) in [6, 6.07) is 2.92. The highest BCUT2D eigenvalue weighted by atomic mass is 32.2. The molecule has 1 aliphatic rings. The number of nitrogens with zero attached hydrogens (tertiary/aromatic N) is 1. The van der Waals surface area contributed by atoms with Crippen molar-refractivity contribution in [3.8, 4) is 0 Å². The minimum atomic E-state index is -4.37. The van der Waals surface area contributed by atoms with Gasteiger partial charge in [0.25, 0.3) is 0 Å². The molecule has 0 spiro atoms. The lowest BCUT2D eigenvalue weighted by Crippen LogP contribution is -2.46. The Morgan fingerprint density at radius 1 is 1.32 bits per heavy atom. The van der Waals surface area contributed by atoms with Crippen LogP contribution in [0.2, 0.25) is 18.1 Å². The molecule has 1 aromatic heterocycles. The third-order valence-electron chi connectivity index (χ3n) is 6.09. The van der Waals surface area contributed by atoms with Crippen molar-refractivity contribution in [3.63, 3.8) is 0 Å². The van der Waals surface area contributed by atoms with Crippen LogP contribution in [0, 0.1) is 5.82 Å². The van der Waals surface area contributed by atoms with Crippen LogP contribution in [0.3, 0.4) is 0 Å². The summed E-state index contributed by atoms with van der Waals surface area (Å²) in [5.74, 6) is -0.587. The van der Waals surface area contributed by atoms with E-state index in [1.165, 1.54) is 17.0 Å². The van der Waals surface area contributed by atoms with Gasteiger partial charge in [-0.2, -0.15) is 13.1 Å². The molecule has 0 bridgehead atoms. The largest absolute Gasteiger partial charge is 0.464 e. The zero-order valence-electron chi connectivity index (χ0n) is 19.7. The summed E-state index contributed by atoms with van der Waals surface area (Å²) in [7, 11) is -6.86. The van der Waals surface area contributed by atoms with Crippen molar-refractivity contribution in [2.45, 2.75) is 51.3 Å². The first-order chi connectivity index (χ1) is 15.7. The Bertz CT molecular complexity index is 1160. The third kappa shape index (κ3) is 5.90. The highest BCUT2D eigenvalue weighted by Crippen LogP contribution is 2.42. The van der Waals surface area contributed by atoms with Crippen LogP contribution >= 0.6 is 0 Å². The standard InChI is InChI=1S/C21H30FN3O7SSi/c1-21(2,3)34(4,5)32-17(12-24-33(28,29)25-20(26)27)14-10-16(22)18(19-30-8-9-31-19)13-6-7-23-11-15(13)14/h6-7,10-11,17,19,24-25H,8-9,12H2,1-5H3,(H,26,27). The zero-order valence-corrected chi connectivity index (χ0v) is 21.5. The highest BCUT2D eigenvalue weighted by molar-refractivity contribution is 7.88. The normalized spacial score (nSPS) is 16.6. The first kappa shape index (κ1) is 26.4. The number of carboxylic acid groups (broad SMARTS) is 1. The van der Waals surface area contributed by atoms with E-state index in [0.717, 1.165) is 0 Å². The molecule has 1 amide bonds. The van der Waals surface area contributed by atoms with Crippen LogP contribution in [0.5, 0.6) is 0 Å². The molecule has 34 heavy (non-hydrogen) atoms. The summed E-state index contributed by atoms with van der Waals surface area (Å²) < 4.78 is 60.9. The molecule has 1 atom stereocenters. The van der Waals surface area contributed by atoms with E-state index in [1.54, 1.807) is 12.3 Å².